The van der Waals surface area contributed by atoms with Crippen LogP contribution in [0.5, 0.6) is 11.5 Å². The van der Waals surface area contributed by atoms with Crippen LogP contribution in [0.25, 0.3) is 0 Å². The quantitative estimate of drug-likeness (QED) is 0.884. The summed E-state index contributed by atoms with van der Waals surface area (Å²) in [4.78, 5) is 12.1. The van der Waals surface area contributed by atoms with E-state index in [9.17, 15) is 18.7 Å². The van der Waals surface area contributed by atoms with Crippen molar-refractivity contribution in [3.05, 3.63) is 52.5 Å². The van der Waals surface area contributed by atoms with Gasteiger partial charge in [-0.3, -0.25) is 4.79 Å². The molecule has 116 valence electrons. The summed E-state index contributed by atoms with van der Waals surface area (Å²) in [5.74, 6) is -0.884. The van der Waals surface area contributed by atoms with Gasteiger partial charge in [-0.2, -0.15) is 8.78 Å². The molecule has 0 radical (unpaired) electrons. The average Bonchev–Trinajstić information content (AvgIpc) is 2.41. The lowest BCUT2D eigenvalue weighted by Gasteiger charge is -2.10. The number of carbonyl (C=O) groups is 1. The Balaban J connectivity index is 2.16. The second kappa shape index (κ2) is 6.62. The molecule has 22 heavy (non-hydrogen) atoms. The number of benzene rings is 2. The first-order valence-corrected chi connectivity index (χ1v) is 6.60. The fourth-order valence-corrected chi connectivity index (χ4v) is 2.03. The molecule has 0 spiro atoms. The van der Waals surface area contributed by atoms with Crippen molar-refractivity contribution >= 4 is 23.2 Å². The van der Waals surface area contributed by atoms with Crippen LogP contribution in [0.1, 0.15) is 15.9 Å². The van der Waals surface area contributed by atoms with Gasteiger partial charge in [-0.1, -0.05) is 17.7 Å². The number of phenols is 1. The van der Waals surface area contributed by atoms with Gasteiger partial charge in [0.15, 0.2) is 0 Å². The van der Waals surface area contributed by atoms with Crippen molar-refractivity contribution in [2.45, 2.75) is 13.5 Å². The van der Waals surface area contributed by atoms with Gasteiger partial charge in [-0.05, 0) is 42.8 Å². The number of rotatable bonds is 4. The molecule has 2 aromatic carbocycles. The Labute approximate surface area is 130 Å². The minimum absolute atomic E-state index is 0.0637. The second-order valence-corrected chi connectivity index (χ2v) is 4.91. The summed E-state index contributed by atoms with van der Waals surface area (Å²) >= 11 is 5.80. The van der Waals surface area contributed by atoms with Gasteiger partial charge in [-0.25, -0.2) is 0 Å². The first kappa shape index (κ1) is 16.0. The maximum Gasteiger partial charge on any atom is 0.387 e. The normalized spacial score (nSPS) is 10.6. The van der Waals surface area contributed by atoms with Crippen LogP contribution in [-0.4, -0.2) is 17.6 Å². The number of halogens is 3. The summed E-state index contributed by atoms with van der Waals surface area (Å²) in [7, 11) is 0. The van der Waals surface area contributed by atoms with Crippen LogP contribution in [0.3, 0.4) is 0 Å². The number of aryl methyl sites for hydroxylation is 1. The highest BCUT2D eigenvalue weighted by molar-refractivity contribution is 6.32. The number of ether oxygens (including phenoxy) is 1. The van der Waals surface area contributed by atoms with Crippen LogP contribution in [0.4, 0.5) is 14.5 Å². The molecule has 0 atom stereocenters. The van der Waals surface area contributed by atoms with Gasteiger partial charge in [0.1, 0.15) is 11.5 Å². The van der Waals surface area contributed by atoms with Crippen molar-refractivity contribution in [2.75, 3.05) is 5.32 Å². The third-order valence-corrected chi connectivity index (χ3v) is 3.10. The zero-order valence-corrected chi connectivity index (χ0v) is 12.2. The van der Waals surface area contributed by atoms with Gasteiger partial charge in [0.25, 0.3) is 5.91 Å². The highest BCUT2D eigenvalue weighted by atomic mass is 35.5. The molecule has 0 bridgehead atoms. The van der Waals surface area contributed by atoms with E-state index < -0.39 is 12.5 Å². The van der Waals surface area contributed by atoms with E-state index in [1.807, 2.05) is 0 Å². The van der Waals surface area contributed by atoms with Crippen LogP contribution in [0, 0.1) is 6.92 Å². The summed E-state index contributed by atoms with van der Waals surface area (Å²) in [6, 6.07) is 8.49. The Hall–Kier alpha value is -2.34. The maximum absolute atomic E-state index is 12.1. The van der Waals surface area contributed by atoms with Crippen molar-refractivity contribution in [1.29, 1.82) is 0 Å². The second-order valence-electron chi connectivity index (χ2n) is 4.50. The molecule has 4 nitrogen and oxygen atoms in total. The topological polar surface area (TPSA) is 58.6 Å². The lowest BCUT2D eigenvalue weighted by atomic mass is 10.1. The van der Waals surface area contributed by atoms with Crippen LogP contribution >= 0.6 is 11.6 Å². The van der Waals surface area contributed by atoms with E-state index in [1.165, 1.54) is 30.3 Å². The molecule has 2 N–H and O–H groups in total. The summed E-state index contributed by atoms with van der Waals surface area (Å²) in [6.45, 7) is -1.20. The number of amides is 1. The van der Waals surface area contributed by atoms with Crippen molar-refractivity contribution in [2.24, 2.45) is 0 Å². The molecule has 0 aliphatic rings. The number of hydrogen-bond acceptors (Lipinski definition) is 3. The maximum atomic E-state index is 12.1. The molecular weight excluding hydrogens is 316 g/mol. The van der Waals surface area contributed by atoms with Gasteiger partial charge >= 0.3 is 6.61 Å². The van der Waals surface area contributed by atoms with Crippen LogP contribution in [0.15, 0.2) is 36.4 Å². The predicted molar refractivity (Wildman–Crippen MR) is 78.9 cm³/mol. The van der Waals surface area contributed by atoms with Gasteiger partial charge < -0.3 is 15.2 Å². The lowest BCUT2D eigenvalue weighted by molar-refractivity contribution is -0.0497. The van der Waals surface area contributed by atoms with Gasteiger partial charge in [0, 0.05) is 5.69 Å². The fraction of sp³-hybridized carbons (Fsp3) is 0.133. The monoisotopic (exact) mass is 327 g/mol. The molecule has 0 unspecified atom stereocenters. The lowest BCUT2D eigenvalue weighted by Crippen LogP contribution is -2.12. The number of alkyl halides is 2. The van der Waals surface area contributed by atoms with Crippen molar-refractivity contribution < 1.29 is 23.4 Å². The summed E-state index contributed by atoms with van der Waals surface area (Å²) in [6.07, 6.45) is 0. The zero-order chi connectivity index (χ0) is 16.3. The summed E-state index contributed by atoms with van der Waals surface area (Å²) in [5, 5.41) is 12.2. The fourth-order valence-electron chi connectivity index (χ4n) is 1.80. The Bertz CT molecular complexity index is 707. The SMILES string of the molecule is Cc1ccc(C(=O)Nc2ccc(OC(F)F)c(Cl)c2)c(O)c1. The molecule has 0 saturated carbocycles. The smallest absolute Gasteiger partial charge is 0.387 e. The summed E-state index contributed by atoms with van der Waals surface area (Å²) in [5.41, 5.74) is 1.19. The number of carbonyl (C=O) groups excluding carboxylic acids is 1. The number of nitrogens with one attached hydrogen (secondary N) is 1. The highest BCUT2D eigenvalue weighted by Gasteiger charge is 2.13. The molecule has 0 aliphatic carbocycles. The minimum Gasteiger partial charge on any atom is -0.507 e. The van der Waals surface area contributed by atoms with Crippen molar-refractivity contribution in [3.63, 3.8) is 0 Å². The molecular formula is C15H12ClF2NO3. The third kappa shape index (κ3) is 3.85. The Morgan fingerprint density at radius 1 is 1.27 bits per heavy atom. The Kier molecular flexibility index (Phi) is 4.82. The third-order valence-electron chi connectivity index (χ3n) is 2.80. The van der Waals surface area contributed by atoms with E-state index in [0.29, 0.717) is 0 Å². The molecule has 0 aromatic heterocycles. The largest absolute Gasteiger partial charge is 0.507 e. The predicted octanol–water partition coefficient (Wildman–Crippen LogP) is 4.21. The van der Waals surface area contributed by atoms with Crippen molar-refractivity contribution in [1.82, 2.24) is 0 Å². The number of aromatic hydroxyl groups is 1. The minimum atomic E-state index is -2.98. The summed E-state index contributed by atoms with van der Waals surface area (Å²) < 4.78 is 28.5. The number of phenolic OH excluding ortho intramolecular Hbond substituents is 1. The molecule has 0 fully saturated rings. The van der Waals surface area contributed by atoms with Gasteiger partial charge in [0.2, 0.25) is 0 Å². The van der Waals surface area contributed by atoms with Crippen LogP contribution in [0.2, 0.25) is 5.02 Å². The highest BCUT2D eigenvalue weighted by Crippen LogP contribution is 2.29. The molecule has 2 aromatic rings. The Morgan fingerprint density at radius 2 is 2.00 bits per heavy atom. The number of hydrogen-bond donors (Lipinski definition) is 2. The van der Waals surface area contributed by atoms with Crippen LogP contribution < -0.4 is 10.1 Å². The first-order valence-electron chi connectivity index (χ1n) is 6.22. The van der Waals surface area contributed by atoms with E-state index in [0.717, 1.165) is 5.56 Å². The van der Waals surface area contributed by atoms with Gasteiger partial charge in [-0.15, -0.1) is 0 Å². The molecule has 2 rings (SSSR count). The van der Waals surface area contributed by atoms with Gasteiger partial charge in [0.05, 0.1) is 10.6 Å². The standard InChI is InChI=1S/C15H12ClF2NO3/c1-8-2-4-10(12(20)6-8)14(21)19-9-3-5-13(11(16)7-9)22-15(17)18/h2-7,15,20H,1H3,(H,19,21). The number of anilines is 1. The first-order chi connectivity index (χ1) is 10.4. The molecule has 0 aliphatic heterocycles. The van der Waals surface area contributed by atoms with E-state index in [1.54, 1.807) is 13.0 Å². The van der Waals surface area contributed by atoms with Crippen LogP contribution in [-0.2, 0) is 0 Å². The van der Waals surface area contributed by atoms with E-state index in [2.05, 4.69) is 10.1 Å². The van der Waals surface area contributed by atoms with E-state index in [4.69, 9.17) is 11.6 Å². The van der Waals surface area contributed by atoms with E-state index in [-0.39, 0.29) is 27.8 Å². The molecule has 0 saturated heterocycles. The van der Waals surface area contributed by atoms with E-state index >= 15 is 0 Å². The Morgan fingerprint density at radius 3 is 2.59 bits per heavy atom. The molecule has 7 heteroatoms. The molecule has 0 heterocycles. The molecule has 1 amide bonds. The zero-order valence-electron chi connectivity index (χ0n) is 11.4. The average molecular weight is 328 g/mol. The van der Waals surface area contributed by atoms with Crippen molar-refractivity contribution in [3.8, 4) is 11.5 Å².